The van der Waals surface area contributed by atoms with Crippen molar-refractivity contribution in [2.24, 2.45) is 0 Å². The fraction of sp³-hybridized carbons (Fsp3) is 0.214. The number of aromatic nitrogens is 4. The van der Waals surface area contributed by atoms with Crippen LogP contribution >= 0.6 is 0 Å². The van der Waals surface area contributed by atoms with Gasteiger partial charge in [0.15, 0.2) is 5.65 Å². The Labute approximate surface area is 131 Å². The lowest BCUT2D eigenvalue weighted by atomic mass is 10.1. The van der Waals surface area contributed by atoms with Gasteiger partial charge >= 0.3 is 6.36 Å². The molecule has 24 heavy (non-hydrogen) atoms. The molecule has 0 fully saturated rings. The normalized spacial score (nSPS) is 12.2. The van der Waals surface area contributed by atoms with Gasteiger partial charge in [-0.15, -0.1) is 23.4 Å². The number of alkyl halides is 5. The Morgan fingerprint density at radius 3 is 2.42 bits per heavy atom. The maximum Gasteiger partial charge on any atom is 0.522 e. The van der Waals surface area contributed by atoms with Crippen LogP contribution in [0.15, 0.2) is 36.7 Å². The second kappa shape index (κ2) is 6.11. The number of ether oxygens (including phenoxy) is 1. The topological polar surface area (TPSA) is 52.3 Å². The minimum Gasteiger partial charge on any atom is -0.287 e. The summed E-state index contributed by atoms with van der Waals surface area (Å²) >= 11 is 0. The molecular formula is C14H9F5N4O. The molecule has 126 valence electrons. The first-order chi connectivity index (χ1) is 11.3. The summed E-state index contributed by atoms with van der Waals surface area (Å²) in [4.78, 5) is 4.09. The minimum absolute atomic E-state index is 0.171. The molecular weight excluding hydrogens is 335 g/mol. The third-order valence-electron chi connectivity index (χ3n) is 3.17. The quantitative estimate of drug-likeness (QED) is 0.676. The number of fused-ring (bicyclic) bond motifs is 1. The summed E-state index contributed by atoms with van der Waals surface area (Å²) in [5.41, 5.74) is 1.38. The van der Waals surface area contributed by atoms with E-state index in [1.807, 2.05) is 0 Å². The largest absolute Gasteiger partial charge is 0.522 e. The second-order valence-corrected chi connectivity index (χ2v) is 4.79. The molecule has 0 spiro atoms. The van der Waals surface area contributed by atoms with E-state index < -0.39 is 25.2 Å². The predicted octanol–water partition coefficient (Wildman–Crippen LogP) is 3.77. The molecule has 5 nitrogen and oxygen atoms in total. The number of nitrogens with zero attached hydrogens (tertiary/aromatic N) is 4. The van der Waals surface area contributed by atoms with Crippen molar-refractivity contribution >= 4 is 5.65 Å². The third kappa shape index (κ3) is 3.48. The summed E-state index contributed by atoms with van der Waals surface area (Å²) < 4.78 is 66.5. The van der Waals surface area contributed by atoms with Gasteiger partial charge in [0.05, 0.1) is 18.5 Å². The Morgan fingerprint density at radius 1 is 1.08 bits per heavy atom. The number of hydrogen-bond donors (Lipinski definition) is 0. The van der Waals surface area contributed by atoms with Gasteiger partial charge in [0.25, 0.3) is 6.43 Å². The fourth-order valence-electron chi connectivity index (χ4n) is 2.05. The number of benzene rings is 1. The van der Waals surface area contributed by atoms with Crippen LogP contribution < -0.4 is 0 Å². The fourth-order valence-corrected chi connectivity index (χ4v) is 2.05. The van der Waals surface area contributed by atoms with Crippen molar-refractivity contribution in [1.29, 1.82) is 0 Å². The molecule has 2 heterocycles. The molecule has 0 bridgehead atoms. The van der Waals surface area contributed by atoms with E-state index in [4.69, 9.17) is 0 Å². The molecule has 1 aromatic carbocycles. The van der Waals surface area contributed by atoms with E-state index >= 15 is 0 Å². The number of halogens is 5. The van der Waals surface area contributed by atoms with E-state index in [1.165, 1.54) is 36.7 Å². The van der Waals surface area contributed by atoms with E-state index in [9.17, 15) is 22.0 Å². The van der Waals surface area contributed by atoms with E-state index in [1.54, 1.807) is 0 Å². The van der Waals surface area contributed by atoms with Gasteiger partial charge in [0, 0.05) is 11.8 Å². The summed E-state index contributed by atoms with van der Waals surface area (Å²) in [5.74, 6) is -0.510. The van der Waals surface area contributed by atoms with Crippen LogP contribution in [0.5, 0.6) is 0 Å². The maximum atomic E-state index is 12.8. The molecule has 0 atom stereocenters. The molecule has 0 radical (unpaired) electrons. The van der Waals surface area contributed by atoms with Gasteiger partial charge in [0.2, 0.25) is 5.82 Å². The highest BCUT2D eigenvalue weighted by Gasteiger charge is 2.28. The van der Waals surface area contributed by atoms with Crippen molar-refractivity contribution in [2.75, 3.05) is 0 Å². The van der Waals surface area contributed by atoms with E-state index in [0.29, 0.717) is 16.8 Å². The number of hydrogen-bond acceptors (Lipinski definition) is 4. The van der Waals surface area contributed by atoms with Gasteiger partial charge in [-0.05, 0) is 5.56 Å². The zero-order valence-electron chi connectivity index (χ0n) is 11.8. The standard InChI is InChI=1S/C14H9F5N4O/c15-12(16)13-22-21-11-5-20-10(6-23(11)13)9-3-1-8(2-4-9)7-24-14(17,18)19/h1-6,12H,7H2. The van der Waals surface area contributed by atoms with Crippen LogP contribution in [0.1, 0.15) is 17.8 Å². The zero-order valence-corrected chi connectivity index (χ0v) is 11.8. The lowest BCUT2D eigenvalue weighted by molar-refractivity contribution is -0.330. The smallest absolute Gasteiger partial charge is 0.287 e. The SMILES string of the molecule is FC(F)c1nnc2cnc(-c3ccc(COC(F)(F)F)cc3)cn12. The molecule has 0 saturated heterocycles. The van der Waals surface area contributed by atoms with Crippen molar-refractivity contribution in [3.8, 4) is 11.3 Å². The Hall–Kier alpha value is -2.62. The Balaban J connectivity index is 1.86. The van der Waals surface area contributed by atoms with Gasteiger partial charge in [-0.1, -0.05) is 24.3 Å². The highest BCUT2D eigenvalue weighted by Crippen LogP contribution is 2.23. The minimum atomic E-state index is -4.70. The van der Waals surface area contributed by atoms with Gasteiger partial charge < -0.3 is 0 Å². The molecule has 0 unspecified atom stereocenters. The van der Waals surface area contributed by atoms with E-state index in [2.05, 4.69) is 19.9 Å². The van der Waals surface area contributed by atoms with Crippen LogP contribution in [0.4, 0.5) is 22.0 Å². The van der Waals surface area contributed by atoms with E-state index in [0.717, 1.165) is 4.40 Å². The van der Waals surface area contributed by atoms with Gasteiger partial charge in [-0.25, -0.2) is 8.78 Å². The Kier molecular flexibility index (Phi) is 4.14. The van der Waals surface area contributed by atoms with Crippen molar-refractivity contribution in [3.05, 3.63) is 48.0 Å². The van der Waals surface area contributed by atoms with Crippen LogP contribution in [-0.4, -0.2) is 25.9 Å². The molecule has 3 aromatic rings. The summed E-state index contributed by atoms with van der Waals surface area (Å²) in [6.45, 7) is -0.614. The molecule has 2 aromatic heterocycles. The molecule has 0 aliphatic rings. The molecule has 0 N–H and O–H groups in total. The highest BCUT2D eigenvalue weighted by atomic mass is 19.4. The number of rotatable bonds is 4. The van der Waals surface area contributed by atoms with Crippen molar-refractivity contribution in [1.82, 2.24) is 19.6 Å². The molecule has 0 aliphatic carbocycles. The van der Waals surface area contributed by atoms with Gasteiger partial charge in [-0.2, -0.15) is 0 Å². The maximum absolute atomic E-state index is 12.8. The summed E-state index contributed by atoms with van der Waals surface area (Å²) in [5, 5.41) is 6.97. The van der Waals surface area contributed by atoms with Crippen LogP contribution in [0.2, 0.25) is 0 Å². The molecule has 0 aliphatic heterocycles. The summed E-state index contributed by atoms with van der Waals surface area (Å²) in [6, 6.07) is 5.92. The third-order valence-corrected chi connectivity index (χ3v) is 3.17. The zero-order chi connectivity index (χ0) is 17.3. The van der Waals surface area contributed by atoms with Crippen LogP contribution in [0.3, 0.4) is 0 Å². The van der Waals surface area contributed by atoms with Crippen LogP contribution in [0.25, 0.3) is 16.9 Å². The van der Waals surface area contributed by atoms with Crippen LogP contribution in [0, 0.1) is 0 Å². The van der Waals surface area contributed by atoms with Gasteiger partial charge in [0.1, 0.15) is 0 Å². The average molecular weight is 344 g/mol. The predicted molar refractivity (Wildman–Crippen MR) is 72.0 cm³/mol. The molecule has 0 amide bonds. The Morgan fingerprint density at radius 2 is 1.79 bits per heavy atom. The monoisotopic (exact) mass is 344 g/mol. The van der Waals surface area contributed by atoms with Crippen LogP contribution in [-0.2, 0) is 11.3 Å². The second-order valence-electron chi connectivity index (χ2n) is 4.79. The van der Waals surface area contributed by atoms with Crippen molar-refractivity contribution in [2.45, 2.75) is 19.4 Å². The molecule has 10 heteroatoms. The first-order valence-corrected chi connectivity index (χ1v) is 6.62. The lowest BCUT2D eigenvalue weighted by Gasteiger charge is -2.08. The first kappa shape index (κ1) is 16.2. The summed E-state index contributed by atoms with van der Waals surface area (Å²) in [7, 11) is 0. The van der Waals surface area contributed by atoms with Gasteiger partial charge in [-0.3, -0.25) is 14.1 Å². The highest BCUT2D eigenvalue weighted by molar-refractivity contribution is 5.60. The van der Waals surface area contributed by atoms with Crippen molar-refractivity contribution in [3.63, 3.8) is 0 Å². The average Bonchev–Trinajstić information content (AvgIpc) is 2.96. The molecule has 3 rings (SSSR count). The van der Waals surface area contributed by atoms with Crippen molar-refractivity contribution < 1.29 is 26.7 Å². The Bertz CT molecular complexity index is 844. The van der Waals surface area contributed by atoms with E-state index in [-0.39, 0.29) is 5.65 Å². The molecule has 0 saturated carbocycles. The lowest BCUT2D eigenvalue weighted by Crippen LogP contribution is -2.12. The summed E-state index contributed by atoms with van der Waals surface area (Å²) in [6.07, 6.45) is -4.87. The first-order valence-electron chi connectivity index (χ1n) is 6.62.